The van der Waals surface area contributed by atoms with Crippen molar-refractivity contribution in [2.75, 3.05) is 6.61 Å². The van der Waals surface area contributed by atoms with Gasteiger partial charge in [-0.25, -0.2) is 0 Å². The number of rotatable bonds is 6. The molecular formula is C18H21F3N2O. The zero-order valence-corrected chi connectivity index (χ0v) is 13.7. The van der Waals surface area contributed by atoms with Crippen LogP contribution in [0.25, 0.3) is 0 Å². The SMILES string of the molecule is Cc1cccc(C(CCOc2ccc(C(F)(F)F)cc2C)NN)c1. The van der Waals surface area contributed by atoms with Gasteiger partial charge in [0.15, 0.2) is 0 Å². The quantitative estimate of drug-likeness (QED) is 0.610. The van der Waals surface area contributed by atoms with E-state index in [4.69, 9.17) is 10.6 Å². The molecular weight excluding hydrogens is 317 g/mol. The third-order valence-electron chi connectivity index (χ3n) is 3.81. The lowest BCUT2D eigenvalue weighted by atomic mass is 10.0. The van der Waals surface area contributed by atoms with Crippen molar-refractivity contribution >= 4 is 0 Å². The molecule has 0 saturated heterocycles. The maximum Gasteiger partial charge on any atom is 0.416 e. The molecule has 0 radical (unpaired) electrons. The first-order valence-corrected chi connectivity index (χ1v) is 7.64. The standard InChI is InChI=1S/C18H21F3N2O/c1-12-4-3-5-14(10-12)16(23-22)8-9-24-17-7-6-15(11-13(17)2)18(19,20)21/h3-7,10-11,16,23H,8-9,22H2,1-2H3. The van der Waals surface area contributed by atoms with Crippen LogP contribution in [0.3, 0.4) is 0 Å². The number of hydrogen-bond acceptors (Lipinski definition) is 3. The molecule has 0 spiro atoms. The zero-order chi connectivity index (χ0) is 17.7. The van der Waals surface area contributed by atoms with E-state index in [0.29, 0.717) is 24.3 Å². The number of aryl methyl sites for hydroxylation is 2. The lowest BCUT2D eigenvalue weighted by Crippen LogP contribution is -2.29. The van der Waals surface area contributed by atoms with Gasteiger partial charge in [0.25, 0.3) is 0 Å². The Morgan fingerprint density at radius 2 is 1.88 bits per heavy atom. The van der Waals surface area contributed by atoms with Gasteiger partial charge in [0.1, 0.15) is 5.75 Å². The normalized spacial score (nSPS) is 12.9. The van der Waals surface area contributed by atoms with E-state index in [9.17, 15) is 13.2 Å². The Morgan fingerprint density at radius 1 is 1.12 bits per heavy atom. The summed E-state index contributed by atoms with van der Waals surface area (Å²) in [5.41, 5.74) is 4.71. The number of nitrogens with two attached hydrogens (primary N) is 1. The van der Waals surface area contributed by atoms with E-state index >= 15 is 0 Å². The van der Waals surface area contributed by atoms with Gasteiger partial charge in [0.05, 0.1) is 12.2 Å². The molecule has 0 aromatic heterocycles. The number of ether oxygens (including phenoxy) is 1. The molecule has 0 fully saturated rings. The van der Waals surface area contributed by atoms with Crippen LogP contribution in [0.15, 0.2) is 42.5 Å². The Balaban J connectivity index is 1.98. The van der Waals surface area contributed by atoms with Crippen molar-refractivity contribution in [1.82, 2.24) is 5.43 Å². The van der Waals surface area contributed by atoms with Gasteiger partial charge < -0.3 is 4.74 Å². The summed E-state index contributed by atoms with van der Waals surface area (Å²) in [6.07, 6.45) is -3.75. The lowest BCUT2D eigenvalue weighted by Gasteiger charge is -2.18. The minimum absolute atomic E-state index is 0.0837. The van der Waals surface area contributed by atoms with E-state index in [1.807, 2.05) is 31.2 Å². The van der Waals surface area contributed by atoms with Gasteiger partial charge in [-0.3, -0.25) is 11.3 Å². The smallest absolute Gasteiger partial charge is 0.416 e. The minimum Gasteiger partial charge on any atom is -0.493 e. The maximum absolute atomic E-state index is 12.7. The molecule has 3 nitrogen and oxygen atoms in total. The highest BCUT2D eigenvalue weighted by molar-refractivity contribution is 5.37. The summed E-state index contributed by atoms with van der Waals surface area (Å²) < 4.78 is 43.6. The Morgan fingerprint density at radius 3 is 2.46 bits per heavy atom. The fourth-order valence-corrected chi connectivity index (χ4v) is 2.51. The second kappa shape index (κ2) is 7.68. The second-order valence-electron chi connectivity index (χ2n) is 5.75. The van der Waals surface area contributed by atoms with Gasteiger partial charge >= 0.3 is 6.18 Å². The molecule has 2 aromatic carbocycles. The number of nitrogens with one attached hydrogen (secondary N) is 1. The summed E-state index contributed by atoms with van der Waals surface area (Å²) in [6.45, 7) is 3.94. The van der Waals surface area contributed by atoms with Crippen molar-refractivity contribution in [3.63, 3.8) is 0 Å². The average molecular weight is 338 g/mol. The fraction of sp³-hybridized carbons (Fsp3) is 0.333. The van der Waals surface area contributed by atoms with Gasteiger partial charge in [-0.1, -0.05) is 29.8 Å². The molecule has 1 atom stereocenters. The topological polar surface area (TPSA) is 47.3 Å². The molecule has 2 rings (SSSR count). The van der Waals surface area contributed by atoms with Crippen LogP contribution in [0.1, 0.15) is 34.7 Å². The highest BCUT2D eigenvalue weighted by Gasteiger charge is 2.30. The predicted molar refractivity (Wildman–Crippen MR) is 87.5 cm³/mol. The Bertz CT molecular complexity index is 686. The fourth-order valence-electron chi connectivity index (χ4n) is 2.51. The highest BCUT2D eigenvalue weighted by atomic mass is 19.4. The molecule has 0 heterocycles. The number of halogens is 3. The summed E-state index contributed by atoms with van der Waals surface area (Å²) in [5.74, 6) is 6.05. The van der Waals surface area contributed by atoms with Gasteiger partial charge in [-0.2, -0.15) is 13.2 Å². The summed E-state index contributed by atoms with van der Waals surface area (Å²) in [6, 6.07) is 11.4. The van der Waals surface area contributed by atoms with Gasteiger partial charge in [-0.05, 0) is 43.2 Å². The van der Waals surface area contributed by atoms with Crippen molar-refractivity contribution in [3.8, 4) is 5.75 Å². The van der Waals surface area contributed by atoms with Gasteiger partial charge in [0.2, 0.25) is 0 Å². The molecule has 2 aromatic rings. The maximum atomic E-state index is 12.7. The third-order valence-corrected chi connectivity index (χ3v) is 3.81. The van der Waals surface area contributed by atoms with E-state index in [1.165, 1.54) is 6.07 Å². The van der Waals surface area contributed by atoms with Gasteiger partial charge in [0, 0.05) is 12.5 Å². The average Bonchev–Trinajstić information content (AvgIpc) is 2.52. The Kier molecular flexibility index (Phi) is 5.85. The van der Waals surface area contributed by atoms with E-state index in [1.54, 1.807) is 6.92 Å². The van der Waals surface area contributed by atoms with Crippen LogP contribution in [0.5, 0.6) is 5.75 Å². The molecule has 6 heteroatoms. The van der Waals surface area contributed by atoms with Gasteiger partial charge in [-0.15, -0.1) is 0 Å². The third kappa shape index (κ3) is 4.72. The number of hydrogen-bond donors (Lipinski definition) is 2. The molecule has 0 aliphatic carbocycles. The Hall–Kier alpha value is -2.05. The summed E-state index contributed by atoms with van der Waals surface area (Å²) in [4.78, 5) is 0. The molecule has 0 saturated carbocycles. The first kappa shape index (κ1) is 18.3. The highest BCUT2D eigenvalue weighted by Crippen LogP contribution is 2.32. The van der Waals surface area contributed by atoms with Crippen LogP contribution in [0.4, 0.5) is 13.2 Å². The summed E-state index contributed by atoms with van der Waals surface area (Å²) >= 11 is 0. The van der Waals surface area contributed by atoms with Crippen LogP contribution in [0.2, 0.25) is 0 Å². The van der Waals surface area contributed by atoms with Crippen molar-refractivity contribution < 1.29 is 17.9 Å². The first-order valence-electron chi connectivity index (χ1n) is 7.64. The predicted octanol–water partition coefficient (Wildman–Crippen LogP) is 4.30. The largest absolute Gasteiger partial charge is 0.493 e. The Labute approximate surface area is 139 Å². The molecule has 0 amide bonds. The van der Waals surface area contributed by atoms with Crippen LogP contribution < -0.4 is 16.0 Å². The van der Waals surface area contributed by atoms with Crippen molar-refractivity contribution in [1.29, 1.82) is 0 Å². The number of alkyl halides is 3. The molecule has 24 heavy (non-hydrogen) atoms. The number of hydrazine groups is 1. The molecule has 3 N–H and O–H groups in total. The lowest BCUT2D eigenvalue weighted by molar-refractivity contribution is -0.137. The molecule has 130 valence electrons. The summed E-state index contributed by atoms with van der Waals surface area (Å²) in [5, 5.41) is 0. The number of benzene rings is 2. The second-order valence-corrected chi connectivity index (χ2v) is 5.75. The first-order chi connectivity index (χ1) is 11.3. The van der Waals surface area contributed by atoms with Crippen LogP contribution in [-0.2, 0) is 6.18 Å². The monoisotopic (exact) mass is 338 g/mol. The van der Waals surface area contributed by atoms with Crippen LogP contribution in [-0.4, -0.2) is 6.61 Å². The minimum atomic E-state index is -4.34. The van der Waals surface area contributed by atoms with Crippen LogP contribution >= 0.6 is 0 Å². The van der Waals surface area contributed by atoms with Crippen molar-refractivity contribution in [3.05, 3.63) is 64.7 Å². The van der Waals surface area contributed by atoms with Crippen molar-refractivity contribution in [2.24, 2.45) is 5.84 Å². The zero-order valence-electron chi connectivity index (χ0n) is 13.7. The van der Waals surface area contributed by atoms with E-state index in [-0.39, 0.29) is 6.04 Å². The van der Waals surface area contributed by atoms with E-state index < -0.39 is 11.7 Å². The molecule has 0 aliphatic rings. The van der Waals surface area contributed by atoms with Crippen LogP contribution in [0, 0.1) is 13.8 Å². The molecule has 0 aliphatic heterocycles. The van der Waals surface area contributed by atoms with E-state index in [2.05, 4.69) is 5.43 Å². The molecule has 0 bridgehead atoms. The van der Waals surface area contributed by atoms with Crippen molar-refractivity contribution in [2.45, 2.75) is 32.5 Å². The summed E-state index contributed by atoms with van der Waals surface area (Å²) in [7, 11) is 0. The molecule has 1 unspecified atom stereocenters. The van der Waals surface area contributed by atoms with E-state index in [0.717, 1.165) is 23.3 Å².